The second kappa shape index (κ2) is 6.56. The molecule has 0 saturated carbocycles. The maximum absolute atomic E-state index is 4.81. The monoisotopic (exact) mass is 288 g/mol. The van der Waals surface area contributed by atoms with Crippen LogP contribution in [0.2, 0.25) is 0 Å². The zero-order chi connectivity index (χ0) is 15.5. The first-order chi connectivity index (χ1) is 9.87. The van der Waals surface area contributed by atoms with Gasteiger partial charge in [0.05, 0.1) is 17.6 Å². The van der Waals surface area contributed by atoms with Crippen LogP contribution in [-0.2, 0) is 6.54 Å². The molecule has 1 N–H and O–H groups in total. The second-order valence-corrected chi connectivity index (χ2v) is 7.02. The zero-order valence-corrected chi connectivity index (χ0v) is 14.0. The van der Waals surface area contributed by atoms with Crippen LogP contribution in [0.25, 0.3) is 0 Å². The minimum atomic E-state index is 0.0853. The molecule has 21 heavy (non-hydrogen) atoms. The van der Waals surface area contributed by atoms with E-state index in [-0.39, 0.29) is 5.54 Å². The van der Waals surface area contributed by atoms with Crippen molar-refractivity contribution < 1.29 is 0 Å². The molecule has 0 radical (unpaired) electrons. The van der Waals surface area contributed by atoms with Crippen LogP contribution in [0.15, 0.2) is 18.3 Å². The van der Waals surface area contributed by atoms with Gasteiger partial charge in [0, 0.05) is 31.1 Å². The molecule has 0 unspecified atom stereocenters. The van der Waals surface area contributed by atoms with Crippen molar-refractivity contribution in [2.24, 2.45) is 0 Å². The average Bonchev–Trinajstić information content (AvgIpc) is 2.45. The van der Waals surface area contributed by atoms with Gasteiger partial charge in [0.25, 0.3) is 0 Å². The summed E-state index contributed by atoms with van der Waals surface area (Å²) in [5, 5.41) is 3.55. The van der Waals surface area contributed by atoms with Gasteiger partial charge in [-0.05, 0) is 27.2 Å². The Bertz CT molecular complexity index is 500. The van der Waals surface area contributed by atoms with Crippen LogP contribution in [0.5, 0.6) is 0 Å². The van der Waals surface area contributed by atoms with Crippen molar-refractivity contribution in [3.05, 3.63) is 29.9 Å². The number of nitrogens with zero attached hydrogens (tertiary/aromatic N) is 3. The molecule has 0 aromatic carbocycles. The summed E-state index contributed by atoms with van der Waals surface area (Å²) in [6.45, 7) is 13.6. The Hall–Kier alpha value is -1.42. The maximum Gasteiger partial charge on any atom is 0.131 e. The lowest BCUT2D eigenvalue weighted by atomic mass is 10.1. The SMILES string of the molecule is CC(C)c1ncc(N2CC=CCC2)c(CNC(C)(C)C)n1. The largest absolute Gasteiger partial charge is 0.365 e. The van der Waals surface area contributed by atoms with Crippen LogP contribution < -0.4 is 10.2 Å². The quantitative estimate of drug-likeness (QED) is 0.864. The van der Waals surface area contributed by atoms with Gasteiger partial charge in [-0.3, -0.25) is 0 Å². The molecule has 0 amide bonds. The molecule has 2 rings (SSSR count). The van der Waals surface area contributed by atoms with Crippen LogP contribution in [-0.4, -0.2) is 28.6 Å². The number of hydrogen-bond acceptors (Lipinski definition) is 4. The predicted octanol–water partition coefficient (Wildman–Crippen LogP) is 3.25. The summed E-state index contributed by atoms with van der Waals surface area (Å²) in [4.78, 5) is 11.7. The predicted molar refractivity (Wildman–Crippen MR) is 88.7 cm³/mol. The van der Waals surface area contributed by atoms with Crippen molar-refractivity contribution in [1.82, 2.24) is 15.3 Å². The second-order valence-electron chi connectivity index (χ2n) is 7.02. The molecule has 0 atom stereocenters. The van der Waals surface area contributed by atoms with Gasteiger partial charge in [-0.2, -0.15) is 0 Å². The highest BCUT2D eigenvalue weighted by Gasteiger charge is 2.17. The Balaban J connectivity index is 2.27. The summed E-state index contributed by atoms with van der Waals surface area (Å²) in [5.41, 5.74) is 2.36. The van der Waals surface area contributed by atoms with E-state index in [1.54, 1.807) is 0 Å². The first kappa shape index (κ1) is 16.0. The molecule has 2 heterocycles. The summed E-state index contributed by atoms with van der Waals surface area (Å²) in [6.07, 6.45) is 7.56. The highest BCUT2D eigenvalue weighted by molar-refractivity contribution is 5.50. The van der Waals surface area contributed by atoms with E-state index < -0.39 is 0 Å². The van der Waals surface area contributed by atoms with Gasteiger partial charge < -0.3 is 10.2 Å². The molecule has 1 aromatic heterocycles. The maximum atomic E-state index is 4.81. The van der Waals surface area contributed by atoms with Crippen LogP contribution in [0.3, 0.4) is 0 Å². The van der Waals surface area contributed by atoms with Crippen molar-refractivity contribution in [1.29, 1.82) is 0 Å². The van der Waals surface area contributed by atoms with Gasteiger partial charge in [0.15, 0.2) is 0 Å². The van der Waals surface area contributed by atoms with Crippen LogP contribution in [0.1, 0.15) is 58.5 Å². The van der Waals surface area contributed by atoms with Crippen molar-refractivity contribution >= 4 is 5.69 Å². The van der Waals surface area contributed by atoms with Gasteiger partial charge >= 0.3 is 0 Å². The highest BCUT2D eigenvalue weighted by atomic mass is 15.2. The van der Waals surface area contributed by atoms with E-state index in [9.17, 15) is 0 Å². The normalized spacial score (nSPS) is 15.8. The van der Waals surface area contributed by atoms with Gasteiger partial charge in [0.1, 0.15) is 5.82 Å². The number of rotatable bonds is 4. The lowest BCUT2D eigenvalue weighted by molar-refractivity contribution is 0.420. The molecule has 0 spiro atoms. The molecular formula is C17H28N4. The fourth-order valence-electron chi connectivity index (χ4n) is 2.31. The number of hydrogen-bond donors (Lipinski definition) is 1. The molecule has 1 aliphatic rings. The molecule has 0 saturated heterocycles. The topological polar surface area (TPSA) is 41.1 Å². The highest BCUT2D eigenvalue weighted by Crippen LogP contribution is 2.22. The Kier molecular flexibility index (Phi) is 4.99. The Morgan fingerprint density at radius 3 is 2.62 bits per heavy atom. The van der Waals surface area contributed by atoms with E-state index in [4.69, 9.17) is 4.98 Å². The first-order valence-electron chi connectivity index (χ1n) is 7.87. The minimum Gasteiger partial charge on any atom is -0.365 e. The third-order valence-electron chi connectivity index (χ3n) is 3.57. The third-order valence-corrected chi connectivity index (χ3v) is 3.57. The minimum absolute atomic E-state index is 0.0853. The smallest absolute Gasteiger partial charge is 0.131 e. The van der Waals surface area contributed by atoms with E-state index in [1.165, 1.54) is 5.69 Å². The lowest BCUT2D eigenvalue weighted by Crippen LogP contribution is -2.36. The molecule has 0 fully saturated rings. The van der Waals surface area contributed by atoms with Crippen molar-refractivity contribution in [2.45, 2.75) is 59.0 Å². The number of nitrogens with one attached hydrogen (secondary N) is 1. The van der Waals surface area contributed by atoms with Gasteiger partial charge in [-0.1, -0.05) is 26.0 Å². The van der Waals surface area contributed by atoms with Crippen molar-refractivity contribution in [2.75, 3.05) is 18.0 Å². The molecule has 1 aromatic rings. The molecule has 1 aliphatic heterocycles. The Morgan fingerprint density at radius 1 is 1.29 bits per heavy atom. The summed E-state index contributed by atoms with van der Waals surface area (Å²) >= 11 is 0. The van der Waals surface area contributed by atoms with Gasteiger partial charge in [-0.25, -0.2) is 9.97 Å². The fourth-order valence-corrected chi connectivity index (χ4v) is 2.31. The van der Waals surface area contributed by atoms with Crippen LogP contribution >= 0.6 is 0 Å². The molecule has 4 heteroatoms. The third kappa shape index (κ3) is 4.53. The van der Waals surface area contributed by atoms with Crippen molar-refractivity contribution in [3.8, 4) is 0 Å². The summed E-state index contributed by atoms with van der Waals surface area (Å²) < 4.78 is 0. The van der Waals surface area contributed by atoms with E-state index >= 15 is 0 Å². The Morgan fingerprint density at radius 2 is 2.05 bits per heavy atom. The number of anilines is 1. The van der Waals surface area contributed by atoms with Crippen molar-refractivity contribution in [3.63, 3.8) is 0 Å². The van der Waals surface area contributed by atoms with E-state index in [1.807, 2.05) is 6.20 Å². The number of aromatic nitrogens is 2. The fraction of sp³-hybridized carbons (Fsp3) is 0.647. The van der Waals surface area contributed by atoms with Gasteiger partial charge in [-0.15, -0.1) is 0 Å². The molecule has 0 bridgehead atoms. The van der Waals surface area contributed by atoms with Crippen LogP contribution in [0.4, 0.5) is 5.69 Å². The summed E-state index contributed by atoms with van der Waals surface area (Å²) in [5.74, 6) is 1.28. The summed E-state index contributed by atoms with van der Waals surface area (Å²) in [6, 6.07) is 0. The van der Waals surface area contributed by atoms with Gasteiger partial charge in [0.2, 0.25) is 0 Å². The summed E-state index contributed by atoms with van der Waals surface area (Å²) in [7, 11) is 0. The lowest BCUT2D eigenvalue weighted by Gasteiger charge is -2.28. The molecular weight excluding hydrogens is 260 g/mol. The van der Waals surface area contributed by atoms with E-state index in [2.05, 4.69) is 62.0 Å². The molecule has 116 valence electrons. The standard InChI is InChI=1S/C17H28N4/c1-13(2)16-18-12-15(21-9-7-6-8-10-21)14(20-16)11-19-17(3,4)5/h6-7,12-13,19H,8-11H2,1-5H3. The molecule has 4 nitrogen and oxygen atoms in total. The van der Waals surface area contributed by atoms with E-state index in [0.29, 0.717) is 5.92 Å². The van der Waals surface area contributed by atoms with Crippen LogP contribution in [0, 0.1) is 0 Å². The average molecular weight is 288 g/mol. The Labute approximate surface area is 128 Å². The zero-order valence-electron chi connectivity index (χ0n) is 14.0. The van der Waals surface area contributed by atoms with E-state index in [0.717, 1.165) is 37.6 Å². The first-order valence-corrected chi connectivity index (χ1v) is 7.87. The molecule has 0 aliphatic carbocycles.